The maximum atomic E-state index is 10.9. The molecule has 9 heteroatoms. The molecule has 19 heavy (non-hydrogen) atoms. The van der Waals surface area contributed by atoms with Crippen LogP contribution in [-0.2, 0) is 16.1 Å². The van der Waals surface area contributed by atoms with Crippen LogP contribution in [0.3, 0.4) is 0 Å². The van der Waals surface area contributed by atoms with Crippen LogP contribution in [0.4, 0.5) is 11.4 Å². The van der Waals surface area contributed by atoms with Gasteiger partial charge in [0.15, 0.2) is 0 Å². The average molecular weight is 269 g/mol. The SMILES string of the molecule is COC(=O)CNCc1ccc([N+](=O)[O-])cc1[N+](=O)[O-]. The Bertz CT molecular complexity index is 516. The monoisotopic (exact) mass is 269 g/mol. The van der Waals surface area contributed by atoms with E-state index in [1.54, 1.807) is 0 Å². The van der Waals surface area contributed by atoms with E-state index in [0.717, 1.165) is 6.07 Å². The fourth-order valence-corrected chi connectivity index (χ4v) is 1.36. The molecule has 9 nitrogen and oxygen atoms in total. The molecule has 1 aromatic rings. The van der Waals surface area contributed by atoms with Gasteiger partial charge in [-0.3, -0.25) is 25.0 Å². The molecule has 1 rings (SSSR count). The Kier molecular flexibility index (Phi) is 4.89. The van der Waals surface area contributed by atoms with Gasteiger partial charge in [-0.2, -0.15) is 0 Å². The van der Waals surface area contributed by atoms with Gasteiger partial charge in [0.1, 0.15) is 0 Å². The predicted molar refractivity (Wildman–Crippen MR) is 63.5 cm³/mol. The summed E-state index contributed by atoms with van der Waals surface area (Å²) >= 11 is 0. The molecule has 0 fully saturated rings. The van der Waals surface area contributed by atoms with Crippen molar-refractivity contribution in [3.8, 4) is 0 Å². The second-order valence-corrected chi connectivity index (χ2v) is 3.51. The Labute approximate surface area is 107 Å². The molecule has 0 spiro atoms. The number of benzene rings is 1. The summed E-state index contributed by atoms with van der Waals surface area (Å²) in [6, 6.07) is 3.33. The van der Waals surface area contributed by atoms with Crippen LogP contribution in [0, 0.1) is 20.2 Å². The number of hydrogen-bond acceptors (Lipinski definition) is 7. The summed E-state index contributed by atoms with van der Waals surface area (Å²) in [6.45, 7) is -0.0753. The van der Waals surface area contributed by atoms with E-state index in [4.69, 9.17) is 0 Å². The van der Waals surface area contributed by atoms with E-state index in [2.05, 4.69) is 10.1 Å². The van der Waals surface area contributed by atoms with Crippen molar-refractivity contribution < 1.29 is 19.4 Å². The van der Waals surface area contributed by atoms with Crippen LogP contribution in [0.2, 0.25) is 0 Å². The highest BCUT2D eigenvalue weighted by Crippen LogP contribution is 2.24. The van der Waals surface area contributed by atoms with Gasteiger partial charge in [-0.15, -0.1) is 0 Å². The molecule has 0 aromatic heterocycles. The van der Waals surface area contributed by atoms with Crippen LogP contribution in [0.25, 0.3) is 0 Å². The summed E-state index contributed by atoms with van der Waals surface area (Å²) in [6.07, 6.45) is 0. The number of nitro benzene ring substituents is 2. The van der Waals surface area contributed by atoms with Gasteiger partial charge in [-0.1, -0.05) is 0 Å². The lowest BCUT2D eigenvalue weighted by Crippen LogP contribution is -2.23. The minimum Gasteiger partial charge on any atom is -0.468 e. The zero-order valence-corrected chi connectivity index (χ0v) is 9.99. The van der Waals surface area contributed by atoms with Gasteiger partial charge < -0.3 is 10.1 Å². The summed E-state index contributed by atoms with van der Waals surface area (Å²) in [4.78, 5) is 30.8. The standard InChI is InChI=1S/C10H11N3O6/c1-19-10(14)6-11-5-7-2-3-8(12(15)16)4-9(7)13(17)18/h2-4,11H,5-6H2,1H3. The molecule has 0 aliphatic carbocycles. The smallest absolute Gasteiger partial charge is 0.319 e. The summed E-state index contributed by atoms with van der Waals surface area (Å²) in [5, 5.41) is 24.0. The second kappa shape index (κ2) is 6.40. The number of non-ortho nitro benzene ring substituents is 1. The third kappa shape index (κ3) is 4.00. The number of carbonyl (C=O) groups excluding carboxylic acids is 1. The maximum Gasteiger partial charge on any atom is 0.319 e. The van der Waals surface area contributed by atoms with Gasteiger partial charge in [0.25, 0.3) is 11.4 Å². The van der Waals surface area contributed by atoms with Crippen molar-refractivity contribution >= 4 is 17.3 Å². The van der Waals surface area contributed by atoms with Crippen LogP contribution in [0.1, 0.15) is 5.56 Å². The first kappa shape index (κ1) is 14.5. The number of rotatable bonds is 6. The van der Waals surface area contributed by atoms with Gasteiger partial charge in [0.05, 0.1) is 29.6 Å². The van der Waals surface area contributed by atoms with Gasteiger partial charge in [-0.05, 0) is 6.07 Å². The summed E-state index contributed by atoms with van der Waals surface area (Å²) < 4.78 is 4.39. The summed E-state index contributed by atoms with van der Waals surface area (Å²) in [7, 11) is 1.22. The van der Waals surface area contributed by atoms with Crippen LogP contribution < -0.4 is 5.32 Å². The quantitative estimate of drug-likeness (QED) is 0.459. The van der Waals surface area contributed by atoms with Crippen molar-refractivity contribution in [1.82, 2.24) is 5.32 Å². The number of nitrogens with one attached hydrogen (secondary N) is 1. The number of methoxy groups -OCH3 is 1. The Morgan fingerprint density at radius 1 is 1.32 bits per heavy atom. The van der Waals surface area contributed by atoms with E-state index >= 15 is 0 Å². The number of esters is 1. The van der Waals surface area contributed by atoms with Crippen LogP contribution >= 0.6 is 0 Å². The first-order valence-corrected chi connectivity index (χ1v) is 5.15. The minimum atomic E-state index is -0.710. The van der Waals surface area contributed by atoms with Crippen molar-refractivity contribution in [2.24, 2.45) is 0 Å². The first-order valence-electron chi connectivity index (χ1n) is 5.15. The second-order valence-electron chi connectivity index (χ2n) is 3.51. The highest BCUT2D eigenvalue weighted by molar-refractivity contribution is 5.71. The lowest BCUT2D eigenvalue weighted by atomic mass is 10.1. The fourth-order valence-electron chi connectivity index (χ4n) is 1.36. The molecular formula is C10H11N3O6. The molecule has 0 amide bonds. The predicted octanol–water partition coefficient (Wildman–Crippen LogP) is 0.766. The Morgan fingerprint density at radius 2 is 2.00 bits per heavy atom. The molecule has 0 saturated carbocycles. The lowest BCUT2D eigenvalue weighted by molar-refractivity contribution is -0.394. The molecule has 0 atom stereocenters. The molecule has 0 heterocycles. The molecule has 0 aliphatic rings. The van der Waals surface area contributed by atoms with Crippen molar-refractivity contribution in [3.63, 3.8) is 0 Å². The number of nitro groups is 2. The molecule has 1 N–H and O–H groups in total. The van der Waals surface area contributed by atoms with E-state index in [9.17, 15) is 25.0 Å². The van der Waals surface area contributed by atoms with Crippen molar-refractivity contribution in [1.29, 1.82) is 0 Å². The zero-order valence-electron chi connectivity index (χ0n) is 9.99. The third-order valence-corrected chi connectivity index (χ3v) is 2.29. The first-order chi connectivity index (χ1) is 8.95. The van der Waals surface area contributed by atoms with Gasteiger partial charge in [0, 0.05) is 18.2 Å². The lowest BCUT2D eigenvalue weighted by Gasteiger charge is -2.04. The number of carbonyl (C=O) groups is 1. The number of ether oxygens (including phenoxy) is 1. The van der Waals surface area contributed by atoms with E-state index < -0.39 is 15.8 Å². The van der Waals surface area contributed by atoms with Crippen molar-refractivity contribution in [3.05, 3.63) is 44.0 Å². The highest BCUT2D eigenvalue weighted by Gasteiger charge is 2.19. The van der Waals surface area contributed by atoms with Crippen molar-refractivity contribution in [2.75, 3.05) is 13.7 Å². The fraction of sp³-hybridized carbons (Fsp3) is 0.300. The Hall–Kier alpha value is -2.55. The minimum absolute atomic E-state index is 0.0312. The van der Waals surface area contributed by atoms with Crippen molar-refractivity contribution in [2.45, 2.75) is 6.54 Å². The molecule has 0 unspecified atom stereocenters. The molecular weight excluding hydrogens is 258 g/mol. The number of nitrogens with zero attached hydrogens (tertiary/aromatic N) is 2. The topological polar surface area (TPSA) is 125 Å². The van der Waals surface area contributed by atoms with E-state index in [1.165, 1.54) is 19.2 Å². The van der Waals surface area contributed by atoms with Gasteiger partial charge >= 0.3 is 5.97 Å². The Balaban J connectivity index is 2.85. The van der Waals surface area contributed by atoms with Crippen LogP contribution in [-0.4, -0.2) is 29.5 Å². The highest BCUT2D eigenvalue weighted by atomic mass is 16.6. The summed E-state index contributed by atoms with van der Waals surface area (Å²) in [5.41, 5.74) is -0.477. The van der Waals surface area contributed by atoms with Crippen LogP contribution in [0.5, 0.6) is 0 Å². The molecule has 102 valence electrons. The van der Waals surface area contributed by atoms with Gasteiger partial charge in [-0.25, -0.2) is 0 Å². The zero-order chi connectivity index (χ0) is 14.4. The maximum absolute atomic E-state index is 10.9. The summed E-state index contributed by atoms with van der Waals surface area (Å²) in [5.74, 6) is -0.510. The average Bonchev–Trinajstić information content (AvgIpc) is 2.38. The molecule has 0 saturated heterocycles. The molecule has 1 aromatic carbocycles. The van der Waals surface area contributed by atoms with Crippen LogP contribution in [0.15, 0.2) is 18.2 Å². The van der Waals surface area contributed by atoms with Gasteiger partial charge in [0.2, 0.25) is 0 Å². The normalized spacial score (nSPS) is 9.95. The third-order valence-electron chi connectivity index (χ3n) is 2.29. The largest absolute Gasteiger partial charge is 0.468 e. The molecule has 0 radical (unpaired) electrons. The Morgan fingerprint density at radius 3 is 2.53 bits per heavy atom. The number of hydrogen-bond donors (Lipinski definition) is 1. The van der Waals surface area contributed by atoms with E-state index in [0.29, 0.717) is 0 Å². The molecule has 0 aliphatic heterocycles. The molecule has 0 bridgehead atoms. The van der Waals surface area contributed by atoms with E-state index in [-0.39, 0.29) is 30.0 Å². The van der Waals surface area contributed by atoms with E-state index in [1.807, 2.05) is 0 Å².